The highest BCUT2D eigenvalue weighted by molar-refractivity contribution is 7.99. The predicted octanol–water partition coefficient (Wildman–Crippen LogP) is 3.82. The lowest BCUT2D eigenvalue weighted by atomic mass is 10.1. The summed E-state index contributed by atoms with van der Waals surface area (Å²) >= 11 is 1.91. The Morgan fingerprint density at radius 1 is 1.16 bits per heavy atom. The number of aromatic nitrogens is 2. The molecule has 0 unspecified atom stereocenters. The molecule has 1 aromatic rings. The van der Waals surface area contributed by atoms with E-state index in [1.165, 1.54) is 30.5 Å². The molecular weight excluding hydrogens is 254 g/mol. The number of fused-ring (bicyclic) bond motifs is 1. The summed E-state index contributed by atoms with van der Waals surface area (Å²) in [6.45, 7) is 7.51. The summed E-state index contributed by atoms with van der Waals surface area (Å²) in [5.41, 5.74) is 2.67. The molecule has 1 aliphatic carbocycles. The molecule has 1 aromatic heterocycles. The summed E-state index contributed by atoms with van der Waals surface area (Å²) in [4.78, 5) is 9.56. The predicted molar refractivity (Wildman–Crippen MR) is 83.9 cm³/mol. The SMILES string of the molecule is CCNc1nc(CSC(C)C)nc2c1CCCCC2. The van der Waals surface area contributed by atoms with Crippen molar-refractivity contribution in [3.05, 3.63) is 17.1 Å². The second-order valence-electron chi connectivity index (χ2n) is 5.36. The van der Waals surface area contributed by atoms with Crippen molar-refractivity contribution in [3.8, 4) is 0 Å². The second kappa shape index (κ2) is 7.13. The van der Waals surface area contributed by atoms with E-state index in [2.05, 4.69) is 26.1 Å². The van der Waals surface area contributed by atoms with E-state index >= 15 is 0 Å². The minimum atomic E-state index is 0.630. The van der Waals surface area contributed by atoms with Crippen molar-refractivity contribution in [1.29, 1.82) is 0 Å². The molecule has 0 spiro atoms. The lowest BCUT2D eigenvalue weighted by Crippen LogP contribution is -2.11. The van der Waals surface area contributed by atoms with Crippen LogP contribution in [0.4, 0.5) is 5.82 Å². The largest absolute Gasteiger partial charge is 0.370 e. The Morgan fingerprint density at radius 2 is 1.95 bits per heavy atom. The van der Waals surface area contributed by atoms with Crippen molar-refractivity contribution in [2.45, 2.75) is 63.9 Å². The molecular formula is C15H25N3S. The van der Waals surface area contributed by atoms with Gasteiger partial charge in [0.2, 0.25) is 0 Å². The summed E-state index contributed by atoms with van der Waals surface area (Å²) in [7, 11) is 0. The first kappa shape index (κ1) is 14.6. The summed E-state index contributed by atoms with van der Waals surface area (Å²) in [5.74, 6) is 3.01. The van der Waals surface area contributed by atoms with Crippen LogP contribution >= 0.6 is 11.8 Å². The molecule has 1 heterocycles. The Morgan fingerprint density at radius 3 is 2.68 bits per heavy atom. The maximum absolute atomic E-state index is 4.82. The Labute approximate surface area is 121 Å². The normalized spacial score (nSPS) is 15.2. The average Bonchev–Trinajstić information content (AvgIpc) is 2.62. The molecule has 0 atom stereocenters. The van der Waals surface area contributed by atoms with Crippen molar-refractivity contribution in [1.82, 2.24) is 9.97 Å². The molecule has 0 aromatic carbocycles. The maximum atomic E-state index is 4.82. The van der Waals surface area contributed by atoms with Gasteiger partial charge in [-0.1, -0.05) is 20.3 Å². The highest BCUT2D eigenvalue weighted by atomic mass is 32.2. The quantitative estimate of drug-likeness (QED) is 0.832. The standard InChI is InChI=1S/C15H25N3S/c1-4-16-15-12-8-6-5-7-9-13(12)17-14(18-15)10-19-11(2)3/h11H,4-10H2,1-3H3,(H,16,17,18). The number of nitrogens with one attached hydrogen (secondary N) is 1. The number of hydrogen-bond donors (Lipinski definition) is 1. The van der Waals surface area contributed by atoms with E-state index in [-0.39, 0.29) is 0 Å². The van der Waals surface area contributed by atoms with Crippen LogP contribution in [0.3, 0.4) is 0 Å². The van der Waals surface area contributed by atoms with Crippen LogP contribution < -0.4 is 5.32 Å². The molecule has 0 radical (unpaired) electrons. The fraction of sp³-hybridized carbons (Fsp3) is 0.733. The van der Waals surface area contributed by atoms with Gasteiger partial charge in [0.15, 0.2) is 0 Å². The second-order valence-corrected chi connectivity index (χ2v) is 6.93. The van der Waals surface area contributed by atoms with Gasteiger partial charge in [0.25, 0.3) is 0 Å². The molecule has 0 bridgehead atoms. The van der Waals surface area contributed by atoms with Crippen molar-refractivity contribution >= 4 is 17.6 Å². The molecule has 0 amide bonds. The molecule has 19 heavy (non-hydrogen) atoms. The Bertz CT molecular complexity index is 418. The number of hydrogen-bond acceptors (Lipinski definition) is 4. The molecule has 0 aliphatic heterocycles. The van der Waals surface area contributed by atoms with Crippen molar-refractivity contribution in [2.24, 2.45) is 0 Å². The van der Waals surface area contributed by atoms with Crippen LogP contribution in [0.25, 0.3) is 0 Å². The van der Waals surface area contributed by atoms with Crippen LogP contribution in [-0.4, -0.2) is 21.8 Å². The number of thioether (sulfide) groups is 1. The van der Waals surface area contributed by atoms with E-state index < -0.39 is 0 Å². The number of nitrogens with zero attached hydrogens (tertiary/aromatic N) is 2. The Kier molecular flexibility index (Phi) is 5.49. The summed E-state index contributed by atoms with van der Waals surface area (Å²) < 4.78 is 0. The fourth-order valence-corrected chi connectivity index (χ4v) is 3.05. The zero-order valence-corrected chi connectivity index (χ0v) is 13.1. The van der Waals surface area contributed by atoms with Crippen LogP contribution in [0, 0.1) is 0 Å². The Hall–Kier alpha value is -0.770. The monoisotopic (exact) mass is 279 g/mol. The fourth-order valence-electron chi connectivity index (χ4n) is 2.44. The third-order valence-corrected chi connectivity index (χ3v) is 4.46. The molecule has 4 heteroatoms. The minimum Gasteiger partial charge on any atom is -0.370 e. The van der Waals surface area contributed by atoms with Crippen molar-refractivity contribution in [3.63, 3.8) is 0 Å². The summed E-state index contributed by atoms with van der Waals surface area (Å²) in [6.07, 6.45) is 6.12. The summed E-state index contributed by atoms with van der Waals surface area (Å²) in [5, 5.41) is 4.06. The number of anilines is 1. The number of aryl methyl sites for hydroxylation is 1. The molecule has 106 valence electrons. The van der Waals surface area contributed by atoms with Gasteiger partial charge in [0.05, 0.1) is 5.75 Å². The highest BCUT2D eigenvalue weighted by Gasteiger charge is 2.16. The zero-order chi connectivity index (χ0) is 13.7. The molecule has 0 saturated heterocycles. The van der Waals surface area contributed by atoms with Crippen molar-refractivity contribution < 1.29 is 0 Å². The minimum absolute atomic E-state index is 0.630. The smallest absolute Gasteiger partial charge is 0.140 e. The van der Waals surface area contributed by atoms with Crippen LogP contribution in [0.15, 0.2) is 0 Å². The van der Waals surface area contributed by atoms with Gasteiger partial charge in [-0.25, -0.2) is 9.97 Å². The van der Waals surface area contributed by atoms with Gasteiger partial charge in [-0.3, -0.25) is 0 Å². The van der Waals surface area contributed by atoms with E-state index in [0.29, 0.717) is 5.25 Å². The van der Waals surface area contributed by atoms with Gasteiger partial charge in [-0.15, -0.1) is 0 Å². The van der Waals surface area contributed by atoms with Gasteiger partial charge < -0.3 is 5.32 Å². The van der Waals surface area contributed by atoms with E-state index in [4.69, 9.17) is 9.97 Å². The van der Waals surface area contributed by atoms with Crippen LogP contribution in [-0.2, 0) is 18.6 Å². The van der Waals surface area contributed by atoms with Gasteiger partial charge >= 0.3 is 0 Å². The van der Waals surface area contributed by atoms with E-state index in [0.717, 1.165) is 36.8 Å². The molecule has 3 nitrogen and oxygen atoms in total. The van der Waals surface area contributed by atoms with Gasteiger partial charge in [-0.05, 0) is 37.9 Å². The molecule has 0 fully saturated rings. The van der Waals surface area contributed by atoms with Gasteiger partial charge in [-0.2, -0.15) is 11.8 Å². The molecule has 2 rings (SSSR count). The van der Waals surface area contributed by atoms with E-state index in [1.807, 2.05) is 11.8 Å². The third-order valence-electron chi connectivity index (χ3n) is 3.37. The first-order chi connectivity index (χ1) is 9.20. The lowest BCUT2D eigenvalue weighted by molar-refractivity contribution is 0.708. The summed E-state index contributed by atoms with van der Waals surface area (Å²) in [6, 6.07) is 0. The first-order valence-corrected chi connectivity index (χ1v) is 8.49. The molecule has 0 saturated carbocycles. The van der Waals surface area contributed by atoms with Gasteiger partial charge in [0.1, 0.15) is 11.6 Å². The van der Waals surface area contributed by atoms with Crippen LogP contribution in [0.1, 0.15) is 57.1 Å². The topological polar surface area (TPSA) is 37.8 Å². The number of rotatable bonds is 5. The third kappa shape index (κ3) is 4.10. The van der Waals surface area contributed by atoms with E-state index in [1.54, 1.807) is 0 Å². The zero-order valence-electron chi connectivity index (χ0n) is 12.3. The average molecular weight is 279 g/mol. The maximum Gasteiger partial charge on any atom is 0.140 e. The molecule has 1 aliphatic rings. The van der Waals surface area contributed by atoms with Crippen LogP contribution in [0.2, 0.25) is 0 Å². The Balaban J connectivity index is 2.26. The van der Waals surface area contributed by atoms with E-state index in [9.17, 15) is 0 Å². The van der Waals surface area contributed by atoms with Crippen LogP contribution in [0.5, 0.6) is 0 Å². The first-order valence-electron chi connectivity index (χ1n) is 7.44. The highest BCUT2D eigenvalue weighted by Crippen LogP contribution is 2.26. The van der Waals surface area contributed by atoms with Crippen molar-refractivity contribution in [2.75, 3.05) is 11.9 Å². The molecule has 1 N–H and O–H groups in total. The lowest BCUT2D eigenvalue weighted by Gasteiger charge is -2.14. The van der Waals surface area contributed by atoms with Gasteiger partial charge in [0, 0.05) is 17.8 Å².